The van der Waals surface area contributed by atoms with Crippen LogP contribution in [-0.2, 0) is 11.3 Å². The first kappa shape index (κ1) is 25.6. The van der Waals surface area contributed by atoms with Gasteiger partial charge in [0.05, 0.1) is 35.3 Å². The summed E-state index contributed by atoms with van der Waals surface area (Å²) >= 11 is 0. The molecule has 38 heavy (non-hydrogen) atoms. The van der Waals surface area contributed by atoms with Gasteiger partial charge in [0.15, 0.2) is 0 Å². The van der Waals surface area contributed by atoms with Crippen LogP contribution in [0.15, 0.2) is 49.3 Å². The Hall–Kier alpha value is -4.05. The molecule has 1 N–H and O–H groups in total. The second kappa shape index (κ2) is 10.7. The van der Waals surface area contributed by atoms with Crippen molar-refractivity contribution in [3.05, 3.63) is 60.6 Å². The maximum Gasteiger partial charge on any atom is 0.258 e. The number of anilines is 1. The number of imidazole rings is 1. The summed E-state index contributed by atoms with van der Waals surface area (Å²) in [6.07, 6.45) is 7.61. The monoisotopic (exact) mass is 514 g/mol. The Morgan fingerprint density at radius 2 is 2.08 bits per heavy atom. The van der Waals surface area contributed by atoms with E-state index in [-0.39, 0.29) is 17.9 Å². The molecule has 1 saturated heterocycles. The van der Waals surface area contributed by atoms with Crippen LogP contribution in [0.5, 0.6) is 0 Å². The number of benzene rings is 1. The Morgan fingerprint density at radius 1 is 1.24 bits per heavy atom. The van der Waals surface area contributed by atoms with Crippen LogP contribution in [0.25, 0.3) is 21.9 Å². The molecule has 4 aromatic rings. The Morgan fingerprint density at radius 3 is 2.84 bits per heavy atom. The maximum absolute atomic E-state index is 13.3. The van der Waals surface area contributed by atoms with E-state index >= 15 is 0 Å². The van der Waals surface area contributed by atoms with Crippen molar-refractivity contribution in [2.75, 3.05) is 39.0 Å². The molecule has 0 spiro atoms. The molecule has 1 aliphatic heterocycles. The quantitative estimate of drug-likeness (QED) is 0.378. The van der Waals surface area contributed by atoms with Crippen LogP contribution in [0.2, 0.25) is 0 Å². The molecule has 10 heteroatoms. The van der Waals surface area contributed by atoms with Crippen molar-refractivity contribution >= 4 is 39.7 Å². The fraction of sp³-hybridized carbons (Fsp3) is 0.393. The summed E-state index contributed by atoms with van der Waals surface area (Å²) in [7, 11) is 4.08. The molecular weight excluding hydrogens is 480 g/mol. The van der Waals surface area contributed by atoms with Gasteiger partial charge in [-0.1, -0.05) is 6.58 Å². The summed E-state index contributed by atoms with van der Waals surface area (Å²) in [5, 5.41) is 8.71. The van der Waals surface area contributed by atoms with Gasteiger partial charge in [-0.25, -0.2) is 4.98 Å². The van der Waals surface area contributed by atoms with Crippen molar-refractivity contribution in [3.8, 4) is 0 Å². The summed E-state index contributed by atoms with van der Waals surface area (Å²) in [4.78, 5) is 38.9. The summed E-state index contributed by atoms with van der Waals surface area (Å²) in [5.74, 6) is 0.129. The topological polar surface area (TPSA) is 101 Å². The first-order valence-electron chi connectivity index (χ1n) is 13.0. The predicted octanol–water partition coefficient (Wildman–Crippen LogP) is 3.64. The average Bonchev–Trinajstić information content (AvgIpc) is 3.38. The Kier molecular flexibility index (Phi) is 7.24. The molecule has 2 amide bonds. The Labute approximate surface area is 221 Å². The zero-order valence-electron chi connectivity index (χ0n) is 22.2. The van der Waals surface area contributed by atoms with Gasteiger partial charge in [0.1, 0.15) is 0 Å². The van der Waals surface area contributed by atoms with Crippen molar-refractivity contribution in [1.29, 1.82) is 0 Å². The molecule has 1 aliphatic rings. The third-order valence-corrected chi connectivity index (χ3v) is 7.11. The third-order valence-electron chi connectivity index (χ3n) is 7.11. The minimum absolute atomic E-state index is 0.0726. The molecule has 3 aromatic heterocycles. The lowest BCUT2D eigenvalue weighted by molar-refractivity contribution is -0.126. The molecule has 5 rings (SSSR count). The summed E-state index contributed by atoms with van der Waals surface area (Å²) in [6, 6.07) is 7.40. The van der Waals surface area contributed by atoms with Crippen molar-refractivity contribution in [3.63, 3.8) is 0 Å². The number of hydrogen-bond donors (Lipinski definition) is 1. The number of hydrogen-bond acceptors (Lipinski definition) is 6. The van der Waals surface area contributed by atoms with Crippen LogP contribution >= 0.6 is 0 Å². The van der Waals surface area contributed by atoms with Crippen molar-refractivity contribution in [2.45, 2.75) is 38.8 Å². The molecule has 0 unspecified atom stereocenters. The Bertz CT molecular complexity index is 1500. The number of carbonyl (C=O) groups excluding carboxylic acids is 2. The molecule has 1 aromatic carbocycles. The van der Waals surface area contributed by atoms with Gasteiger partial charge in [-0.2, -0.15) is 5.10 Å². The second-order valence-corrected chi connectivity index (χ2v) is 10.1. The van der Waals surface area contributed by atoms with Gasteiger partial charge in [-0.15, -0.1) is 0 Å². The van der Waals surface area contributed by atoms with E-state index in [1.54, 1.807) is 18.3 Å². The summed E-state index contributed by atoms with van der Waals surface area (Å²) in [5.41, 5.74) is 3.98. The fourth-order valence-electron chi connectivity index (χ4n) is 5.18. The average molecular weight is 515 g/mol. The lowest BCUT2D eigenvalue weighted by Crippen LogP contribution is -2.34. The van der Waals surface area contributed by atoms with Crippen LogP contribution in [0.4, 0.5) is 5.95 Å². The highest BCUT2D eigenvalue weighted by atomic mass is 16.2. The number of carbonyl (C=O) groups is 2. The van der Waals surface area contributed by atoms with Crippen LogP contribution in [-0.4, -0.2) is 79.7 Å². The highest BCUT2D eigenvalue weighted by Crippen LogP contribution is 2.34. The SMILES string of the molecule is C=CC(=O)N1CCCC[C@@H](n2c(NC(=O)c3ccnc(C)c3)nc3ccc4c(cnn4CCN(C)C)c32)C1. The fourth-order valence-corrected chi connectivity index (χ4v) is 5.18. The highest BCUT2D eigenvalue weighted by molar-refractivity contribution is 6.07. The highest BCUT2D eigenvalue weighted by Gasteiger charge is 2.28. The largest absolute Gasteiger partial charge is 0.337 e. The first-order valence-corrected chi connectivity index (χ1v) is 13.0. The number of pyridine rings is 1. The minimum atomic E-state index is -0.252. The zero-order chi connectivity index (χ0) is 26.8. The van der Waals surface area contributed by atoms with E-state index in [9.17, 15) is 9.59 Å². The van der Waals surface area contributed by atoms with Gasteiger partial charge in [-0.3, -0.25) is 24.6 Å². The van der Waals surface area contributed by atoms with Crippen molar-refractivity contribution in [1.82, 2.24) is 34.1 Å². The van der Waals surface area contributed by atoms with Crippen LogP contribution < -0.4 is 5.32 Å². The van der Waals surface area contributed by atoms with Gasteiger partial charge >= 0.3 is 0 Å². The minimum Gasteiger partial charge on any atom is -0.337 e. The Balaban J connectivity index is 1.63. The van der Waals surface area contributed by atoms with Crippen LogP contribution in [0, 0.1) is 6.92 Å². The molecule has 1 atom stereocenters. The number of amides is 2. The number of likely N-dealkylation sites (N-methyl/N-ethyl adjacent to an activating group) is 1. The molecule has 0 radical (unpaired) electrons. The number of nitrogens with one attached hydrogen (secondary N) is 1. The molecule has 0 bridgehead atoms. The number of aryl methyl sites for hydroxylation is 1. The van der Waals surface area contributed by atoms with Crippen LogP contribution in [0.1, 0.15) is 41.4 Å². The normalized spacial score (nSPS) is 16.2. The maximum atomic E-state index is 13.3. The summed E-state index contributed by atoms with van der Waals surface area (Å²) in [6.45, 7) is 8.36. The van der Waals surface area contributed by atoms with E-state index in [1.165, 1.54) is 6.08 Å². The van der Waals surface area contributed by atoms with Crippen molar-refractivity contribution in [2.24, 2.45) is 0 Å². The van der Waals surface area contributed by atoms with Gasteiger partial charge in [-0.05, 0) is 70.6 Å². The molecule has 198 valence electrons. The molecule has 10 nitrogen and oxygen atoms in total. The number of aromatic nitrogens is 5. The number of nitrogens with zero attached hydrogens (tertiary/aromatic N) is 7. The molecule has 1 fully saturated rings. The lowest BCUT2D eigenvalue weighted by Gasteiger charge is -2.26. The van der Waals surface area contributed by atoms with Gasteiger partial charge in [0, 0.05) is 42.5 Å². The summed E-state index contributed by atoms with van der Waals surface area (Å²) < 4.78 is 4.11. The third kappa shape index (κ3) is 5.04. The van der Waals surface area contributed by atoms with Gasteiger partial charge < -0.3 is 14.4 Å². The van der Waals surface area contributed by atoms with E-state index in [0.717, 1.165) is 60.0 Å². The van der Waals surface area contributed by atoms with Crippen LogP contribution in [0.3, 0.4) is 0 Å². The molecule has 4 heterocycles. The van der Waals surface area contributed by atoms with E-state index in [2.05, 4.69) is 31.4 Å². The molecule has 0 saturated carbocycles. The number of likely N-dealkylation sites (tertiary alicyclic amines) is 1. The molecular formula is C28H34N8O2. The number of rotatable bonds is 7. The van der Waals surface area contributed by atoms with E-state index in [0.29, 0.717) is 24.6 Å². The van der Waals surface area contributed by atoms with Gasteiger partial charge in [0.2, 0.25) is 11.9 Å². The molecule has 0 aliphatic carbocycles. The number of fused-ring (bicyclic) bond motifs is 3. The lowest BCUT2D eigenvalue weighted by atomic mass is 10.1. The zero-order valence-corrected chi connectivity index (χ0v) is 22.2. The standard InChI is InChI=1S/C28H34N8O2/c1-5-25(37)34-13-7-6-8-21(18-34)36-26-22-17-30-35(15-14-33(3)4)24(22)10-9-23(26)31-28(36)32-27(38)20-11-12-29-19(2)16-20/h5,9-12,16-17,21H,1,6-8,13-15,18H2,2-4H3,(H,31,32,38)/t21-/m1/s1. The van der Waals surface area contributed by atoms with E-state index in [4.69, 9.17) is 4.98 Å². The first-order chi connectivity index (χ1) is 18.4. The second-order valence-electron chi connectivity index (χ2n) is 10.1. The van der Waals surface area contributed by atoms with E-state index in [1.807, 2.05) is 48.9 Å². The smallest absolute Gasteiger partial charge is 0.258 e. The van der Waals surface area contributed by atoms with Gasteiger partial charge in [0.25, 0.3) is 5.91 Å². The predicted molar refractivity (Wildman–Crippen MR) is 148 cm³/mol. The van der Waals surface area contributed by atoms with E-state index < -0.39 is 0 Å². The van der Waals surface area contributed by atoms with Crippen molar-refractivity contribution < 1.29 is 9.59 Å².